The molecule has 1 fully saturated rings. The Morgan fingerprint density at radius 3 is 2.53 bits per heavy atom. The van der Waals surface area contributed by atoms with Crippen LogP contribution in [0, 0.1) is 5.92 Å². The van der Waals surface area contributed by atoms with E-state index in [4.69, 9.17) is 5.73 Å². The van der Waals surface area contributed by atoms with Gasteiger partial charge in [0.1, 0.15) is 0 Å². The van der Waals surface area contributed by atoms with Crippen molar-refractivity contribution in [2.75, 3.05) is 0 Å². The van der Waals surface area contributed by atoms with Gasteiger partial charge in [-0.05, 0) is 55.7 Å². The van der Waals surface area contributed by atoms with Crippen LogP contribution in [0.3, 0.4) is 0 Å². The molecule has 0 radical (unpaired) electrons. The van der Waals surface area contributed by atoms with Crippen LogP contribution in [0.15, 0.2) is 24.5 Å². The Labute approximate surface area is 105 Å². The van der Waals surface area contributed by atoms with Gasteiger partial charge < -0.3 is 5.73 Å². The van der Waals surface area contributed by atoms with Crippen molar-refractivity contribution in [2.45, 2.75) is 57.4 Å². The fourth-order valence-electron chi connectivity index (χ4n) is 3.03. The zero-order valence-electron chi connectivity index (χ0n) is 10.9. The number of pyridine rings is 1. The number of nitrogens with zero attached hydrogens (tertiary/aromatic N) is 1. The van der Waals surface area contributed by atoms with Crippen LogP contribution in [-0.2, 0) is 6.42 Å². The van der Waals surface area contributed by atoms with Gasteiger partial charge >= 0.3 is 0 Å². The molecular weight excluding hydrogens is 208 g/mol. The molecule has 0 saturated heterocycles. The van der Waals surface area contributed by atoms with Crippen LogP contribution < -0.4 is 5.73 Å². The minimum atomic E-state index is 0.0333. The molecule has 17 heavy (non-hydrogen) atoms. The van der Waals surface area contributed by atoms with E-state index in [1.165, 1.54) is 44.1 Å². The maximum absolute atomic E-state index is 6.53. The van der Waals surface area contributed by atoms with Crippen molar-refractivity contribution in [1.29, 1.82) is 0 Å². The topological polar surface area (TPSA) is 38.9 Å². The normalized spacial score (nSPS) is 29.2. The summed E-state index contributed by atoms with van der Waals surface area (Å²) in [6.07, 6.45) is 12.4. The van der Waals surface area contributed by atoms with Gasteiger partial charge in [-0.15, -0.1) is 0 Å². The monoisotopic (exact) mass is 232 g/mol. The van der Waals surface area contributed by atoms with E-state index in [0.29, 0.717) is 0 Å². The Balaban J connectivity index is 1.89. The molecule has 0 aromatic carbocycles. The van der Waals surface area contributed by atoms with Crippen LogP contribution in [0.1, 0.15) is 51.0 Å². The molecule has 2 nitrogen and oxygen atoms in total. The highest BCUT2D eigenvalue weighted by molar-refractivity contribution is 5.14. The van der Waals surface area contributed by atoms with Gasteiger partial charge in [-0.1, -0.05) is 19.8 Å². The molecule has 1 aromatic rings. The number of hydrogen-bond acceptors (Lipinski definition) is 2. The van der Waals surface area contributed by atoms with Gasteiger partial charge in [0.15, 0.2) is 0 Å². The molecule has 0 unspecified atom stereocenters. The van der Waals surface area contributed by atoms with Crippen LogP contribution >= 0.6 is 0 Å². The average Bonchev–Trinajstić information content (AvgIpc) is 2.34. The first-order chi connectivity index (χ1) is 8.22. The minimum absolute atomic E-state index is 0.0333. The van der Waals surface area contributed by atoms with Crippen molar-refractivity contribution in [3.8, 4) is 0 Å². The quantitative estimate of drug-likeness (QED) is 0.865. The molecule has 1 aromatic heterocycles. The van der Waals surface area contributed by atoms with Crippen LogP contribution in [0.25, 0.3) is 0 Å². The largest absolute Gasteiger partial charge is 0.325 e. The Hall–Kier alpha value is -0.890. The highest BCUT2D eigenvalue weighted by Gasteiger charge is 2.31. The standard InChI is InChI=1S/C15H24N2/c1-2-3-13-4-8-15(16,9-5-13)12-14-6-10-17-11-7-14/h6-7,10-11,13H,2-5,8-9,12,16H2,1H3. The summed E-state index contributed by atoms with van der Waals surface area (Å²) in [5.41, 5.74) is 7.89. The van der Waals surface area contributed by atoms with Crippen molar-refractivity contribution in [3.63, 3.8) is 0 Å². The highest BCUT2D eigenvalue weighted by atomic mass is 14.7. The summed E-state index contributed by atoms with van der Waals surface area (Å²) >= 11 is 0. The molecular formula is C15H24N2. The summed E-state index contributed by atoms with van der Waals surface area (Å²) < 4.78 is 0. The smallest absolute Gasteiger partial charge is 0.0270 e. The maximum atomic E-state index is 6.53. The molecule has 1 saturated carbocycles. The Bertz CT molecular complexity index is 326. The van der Waals surface area contributed by atoms with Crippen molar-refractivity contribution in [2.24, 2.45) is 11.7 Å². The lowest BCUT2D eigenvalue weighted by Crippen LogP contribution is -2.45. The van der Waals surface area contributed by atoms with E-state index < -0.39 is 0 Å². The summed E-state index contributed by atoms with van der Waals surface area (Å²) in [5.74, 6) is 0.925. The summed E-state index contributed by atoms with van der Waals surface area (Å²) in [7, 11) is 0. The van der Waals surface area contributed by atoms with E-state index in [2.05, 4.69) is 24.0 Å². The molecule has 0 spiro atoms. The van der Waals surface area contributed by atoms with E-state index in [0.717, 1.165) is 12.3 Å². The summed E-state index contributed by atoms with van der Waals surface area (Å²) in [6.45, 7) is 2.28. The molecule has 1 heterocycles. The molecule has 94 valence electrons. The predicted molar refractivity (Wildman–Crippen MR) is 71.7 cm³/mol. The van der Waals surface area contributed by atoms with Gasteiger partial charge in [0.25, 0.3) is 0 Å². The second-order valence-electron chi connectivity index (χ2n) is 5.63. The molecule has 2 heteroatoms. The van der Waals surface area contributed by atoms with Crippen LogP contribution in [0.4, 0.5) is 0 Å². The first kappa shape index (κ1) is 12.6. The van der Waals surface area contributed by atoms with Gasteiger partial charge in [-0.3, -0.25) is 4.98 Å². The first-order valence-electron chi connectivity index (χ1n) is 6.90. The zero-order valence-corrected chi connectivity index (χ0v) is 10.9. The molecule has 0 atom stereocenters. The van der Waals surface area contributed by atoms with Gasteiger partial charge in [-0.25, -0.2) is 0 Å². The molecule has 2 rings (SSSR count). The van der Waals surface area contributed by atoms with Crippen molar-refractivity contribution >= 4 is 0 Å². The lowest BCUT2D eigenvalue weighted by molar-refractivity contribution is 0.223. The summed E-state index contributed by atoms with van der Waals surface area (Å²) in [5, 5.41) is 0. The maximum Gasteiger partial charge on any atom is 0.0270 e. The SMILES string of the molecule is CCCC1CCC(N)(Cc2ccncc2)CC1. The Morgan fingerprint density at radius 1 is 1.29 bits per heavy atom. The van der Waals surface area contributed by atoms with Crippen LogP contribution in [-0.4, -0.2) is 10.5 Å². The van der Waals surface area contributed by atoms with Gasteiger partial charge in [0.05, 0.1) is 0 Å². The third-order valence-electron chi connectivity index (χ3n) is 4.10. The molecule has 1 aliphatic rings. The fourth-order valence-corrected chi connectivity index (χ4v) is 3.03. The molecule has 0 aliphatic heterocycles. The van der Waals surface area contributed by atoms with E-state index in [9.17, 15) is 0 Å². The lowest BCUT2D eigenvalue weighted by Gasteiger charge is -2.37. The van der Waals surface area contributed by atoms with Gasteiger partial charge in [-0.2, -0.15) is 0 Å². The highest BCUT2D eigenvalue weighted by Crippen LogP contribution is 2.34. The first-order valence-corrected chi connectivity index (χ1v) is 6.90. The number of rotatable bonds is 4. The molecule has 0 bridgehead atoms. The molecule has 0 amide bonds. The molecule has 2 N–H and O–H groups in total. The fraction of sp³-hybridized carbons (Fsp3) is 0.667. The van der Waals surface area contributed by atoms with Gasteiger partial charge in [0, 0.05) is 17.9 Å². The lowest BCUT2D eigenvalue weighted by atomic mass is 9.73. The minimum Gasteiger partial charge on any atom is -0.325 e. The van der Waals surface area contributed by atoms with E-state index >= 15 is 0 Å². The van der Waals surface area contributed by atoms with Gasteiger partial charge in [0.2, 0.25) is 0 Å². The van der Waals surface area contributed by atoms with Crippen molar-refractivity contribution in [1.82, 2.24) is 4.98 Å². The molecule has 1 aliphatic carbocycles. The second-order valence-corrected chi connectivity index (χ2v) is 5.63. The van der Waals surface area contributed by atoms with Crippen molar-refractivity contribution < 1.29 is 0 Å². The number of nitrogens with two attached hydrogens (primary N) is 1. The average molecular weight is 232 g/mol. The third-order valence-corrected chi connectivity index (χ3v) is 4.10. The zero-order chi connectivity index (χ0) is 12.1. The second kappa shape index (κ2) is 5.63. The van der Waals surface area contributed by atoms with E-state index in [1.807, 2.05) is 12.4 Å². The van der Waals surface area contributed by atoms with Crippen molar-refractivity contribution in [3.05, 3.63) is 30.1 Å². The number of hydrogen-bond donors (Lipinski definition) is 1. The Morgan fingerprint density at radius 2 is 1.94 bits per heavy atom. The number of aromatic nitrogens is 1. The van der Waals surface area contributed by atoms with Crippen LogP contribution in [0.5, 0.6) is 0 Å². The van der Waals surface area contributed by atoms with Crippen LogP contribution in [0.2, 0.25) is 0 Å². The summed E-state index contributed by atoms with van der Waals surface area (Å²) in [6, 6.07) is 4.18. The van der Waals surface area contributed by atoms with E-state index in [1.54, 1.807) is 0 Å². The predicted octanol–water partition coefficient (Wildman–Crippen LogP) is 3.31. The third kappa shape index (κ3) is 3.53. The van der Waals surface area contributed by atoms with E-state index in [-0.39, 0.29) is 5.54 Å². The Kier molecular flexibility index (Phi) is 4.16. The summed E-state index contributed by atoms with van der Waals surface area (Å²) in [4.78, 5) is 4.06.